The molecule has 10 nitrogen and oxygen atoms in total. The molecule has 3 aromatic rings. The molecule has 4 rings (SSSR count). The van der Waals surface area contributed by atoms with Gasteiger partial charge in [0.25, 0.3) is 6.01 Å². The maximum absolute atomic E-state index is 13.3. The largest absolute Gasteiger partial charge is 0.492 e. The number of likely N-dealkylation sites (tertiary alicyclic amines) is 1. The molecule has 1 saturated heterocycles. The number of hydrogen-bond acceptors (Lipinski definition) is 9. The number of piperidine rings is 1. The summed E-state index contributed by atoms with van der Waals surface area (Å²) in [6.07, 6.45) is 1.14. The Morgan fingerprint density at radius 3 is 2.53 bits per heavy atom. The molecule has 196 valence electrons. The highest BCUT2D eigenvalue weighted by molar-refractivity contribution is 7.93. The third-order valence-electron chi connectivity index (χ3n) is 6.09. The zero-order valence-electron chi connectivity index (χ0n) is 20.0. The van der Waals surface area contributed by atoms with Gasteiger partial charge < -0.3 is 14.9 Å². The van der Waals surface area contributed by atoms with Crippen LogP contribution in [0.5, 0.6) is 5.75 Å². The monoisotopic (exact) mass is 556 g/mol. The van der Waals surface area contributed by atoms with E-state index >= 15 is 0 Å². The Balaban J connectivity index is 1.48. The van der Waals surface area contributed by atoms with E-state index in [2.05, 4.69) is 14.6 Å². The fraction of sp³-hybridized carbons (Fsp3) is 0.435. The van der Waals surface area contributed by atoms with Gasteiger partial charge >= 0.3 is 0 Å². The molecule has 0 spiro atoms. The summed E-state index contributed by atoms with van der Waals surface area (Å²) in [7, 11) is -8.03. The topological polar surface area (TPSA) is 145 Å². The van der Waals surface area contributed by atoms with Crippen LogP contribution in [0.2, 0.25) is 5.02 Å². The zero-order chi connectivity index (χ0) is 26.1. The normalized spacial score (nSPS) is 16.0. The molecule has 0 aliphatic carbocycles. The van der Waals surface area contributed by atoms with Crippen molar-refractivity contribution in [3.63, 3.8) is 0 Å². The molecular formula is C23H29ClN4O6S2. The molecule has 1 aromatic heterocycles. The smallest absolute Gasteiger partial charge is 0.292 e. The van der Waals surface area contributed by atoms with E-state index in [1.54, 1.807) is 0 Å². The SMILES string of the molecule is CCOc1cc(CN2CCC(NS(=O)(=O)c3cc4oc(N)nc4cc3S(=O)(=O)CC)CC2)ccc1Cl. The van der Waals surface area contributed by atoms with Crippen LogP contribution in [0.3, 0.4) is 0 Å². The van der Waals surface area contributed by atoms with E-state index < -0.39 is 19.9 Å². The maximum Gasteiger partial charge on any atom is 0.292 e. The van der Waals surface area contributed by atoms with Gasteiger partial charge in [0.05, 0.1) is 22.3 Å². The van der Waals surface area contributed by atoms with Crippen LogP contribution in [0.25, 0.3) is 11.1 Å². The summed E-state index contributed by atoms with van der Waals surface area (Å²) in [5.74, 6) is 0.380. The van der Waals surface area contributed by atoms with Gasteiger partial charge in [-0.25, -0.2) is 21.6 Å². The maximum atomic E-state index is 13.3. The highest BCUT2D eigenvalue weighted by Gasteiger charge is 2.31. The molecule has 0 saturated carbocycles. The Hall–Kier alpha value is -2.38. The molecule has 0 atom stereocenters. The summed E-state index contributed by atoms with van der Waals surface area (Å²) in [4.78, 5) is 5.48. The number of oxazole rings is 1. The van der Waals surface area contributed by atoms with Crippen molar-refractivity contribution in [2.45, 2.75) is 49.1 Å². The number of sulfonamides is 1. The van der Waals surface area contributed by atoms with E-state index in [4.69, 9.17) is 26.5 Å². The number of nitrogens with one attached hydrogen (secondary N) is 1. The number of halogens is 1. The highest BCUT2D eigenvalue weighted by Crippen LogP contribution is 2.30. The van der Waals surface area contributed by atoms with E-state index in [0.717, 1.165) is 5.56 Å². The lowest BCUT2D eigenvalue weighted by Crippen LogP contribution is -2.44. The lowest BCUT2D eigenvalue weighted by atomic mass is 10.1. The minimum atomic E-state index is -4.17. The van der Waals surface area contributed by atoms with Gasteiger partial charge in [-0.15, -0.1) is 0 Å². The van der Waals surface area contributed by atoms with Crippen LogP contribution < -0.4 is 15.2 Å². The molecule has 1 aliphatic heterocycles. The number of nitrogen functional groups attached to an aromatic ring is 1. The molecule has 0 radical (unpaired) electrons. The van der Waals surface area contributed by atoms with Gasteiger partial charge in [-0.3, -0.25) is 4.90 Å². The van der Waals surface area contributed by atoms with E-state index in [-0.39, 0.29) is 38.7 Å². The molecule has 1 aliphatic rings. The van der Waals surface area contributed by atoms with Crippen LogP contribution in [0.1, 0.15) is 32.3 Å². The molecule has 1 fully saturated rings. The third kappa shape index (κ3) is 5.78. The standard InChI is InChI=1S/C23H29ClN4O6S2/c1-3-33-19-11-15(5-6-17(19)24)14-28-9-7-16(8-10-28)27-36(31,32)22-13-20-18(26-23(25)34-20)12-21(22)35(29,30)4-2/h5-6,11-13,16,27H,3-4,7-10,14H2,1-2H3,(H2,25,26). The van der Waals surface area contributed by atoms with Gasteiger partial charge in [-0.1, -0.05) is 24.6 Å². The van der Waals surface area contributed by atoms with Crippen molar-refractivity contribution >= 4 is 48.6 Å². The first-order valence-corrected chi connectivity index (χ1v) is 15.1. The van der Waals surface area contributed by atoms with Crippen LogP contribution in [-0.4, -0.2) is 58.2 Å². The Labute approximate surface area is 215 Å². The van der Waals surface area contributed by atoms with Gasteiger partial charge in [-0.2, -0.15) is 4.98 Å². The number of anilines is 1. The Bertz CT molecular complexity index is 1470. The fourth-order valence-electron chi connectivity index (χ4n) is 4.22. The lowest BCUT2D eigenvalue weighted by Gasteiger charge is -2.32. The third-order valence-corrected chi connectivity index (χ3v) is 9.86. The van der Waals surface area contributed by atoms with Crippen molar-refractivity contribution in [1.29, 1.82) is 0 Å². The lowest BCUT2D eigenvalue weighted by molar-refractivity contribution is 0.199. The molecule has 2 aromatic carbocycles. The average molecular weight is 557 g/mol. The number of hydrogen-bond donors (Lipinski definition) is 2. The van der Waals surface area contributed by atoms with E-state index in [1.807, 2.05) is 25.1 Å². The summed E-state index contributed by atoms with van der Waals surface area (Å²) in [6.45, 7) is 5.88. The van der Waals surface area contributed by atoms with Crippen molar-refractivity contribution in [2.24, 2.45) is 0 Å². The van der Waals surface area contributed by atoms with Crippen LogP contribution in [0.4, 0.5) is 6.01 Å². The second-order valence-corrected chi connectivity index (χ2v) is 12.9. The highest BCUT2D eigenvalue weighted by atomic mass is 35.5. The van der Waals surface area contributed by atoms with Crippen molar-refractivity contribution in [3.05, 3.63) is 40.9 Å². The summed E-state index contributed by atoms with van der Waals surface area (Å²) >= 11 is 6.17. The second-order valence-electron chi connectivity index (χ2n) is 8.59. The first kappa shape index (κ1) is 26.7. The molecular weight excluding hydrogens is 528 g/mol. The second kappa shape index (κ2) is 10.5. The van der Waals surface area contributed by atoms with Gasteiger partial charge in [0.2, 0.25) is 10.0 Å². The van der Waals surface area contributed by atoms with Crippen LogP contribution in [0.15, 0.2) is 44.5 Å². The van der Waals surface area contributed by atoms with Gasteiger partial charge in [-0.05, 0) is 43.5 Å². The van der Waals surface area contributed by atoms with Gasteiger partial charge in [0, 0.05) is 31.7 Å². The fourth-order valence-corrected chi connectivity index (χ4v) is 7.46. The average Bonchev–Trinajstić information content (AvgIpc) is 3.21. The first-order chi connectivity index (χ1) is 17.0. The van der Waals surface area contributed by atoms with Crippen molar-refractivity contribution in [2.75, 3.05) is 31.2 Å². The molecule has 2 heterocycles. The number of sulfone groups is 1. The number of nitrogens with zero attached hydrogens (tertiary/aromatic N) is 2. The Kier molecular flexibility index (Phi) is 7.81. The molecule has 0 amide bonds. The zero-order valence-corrected chi connectivity index (χ0v) is 22.4. The molecule has 0 bridgehead atoms. The van der Waals surface area contributed by atoms with E-state index in [9.17, 15) is 16.8 Å². The van der Waals surface area contributed by atoms with Crippen LogP contribution in [0, 0.1) is 0 Å². The predicted octanol–water partition coefficient (Wildman–Crippen LogP) is 3.20. The van der Waals surface area contributed by atoms with Crippen LogP contribution >= 0.6 is 11.6 Å². The molecule has 36 heavy (non-hydrogen) atoms. The van der Waals surface area contributed by atoms with Crippen molar-refractivity contribution in [1.82, 2.24) is 14.6 Å². The summed E-state index contributed by atoms with van der Waals surface area (Å²) in [5.41, 5.74) is 6.92. The number of ether oxygens (including phenoxy) is 1. The minimum Gasteiger partial charge on any atom is -0.492 e. The number of fused-ring (bicyclic) bond motifs is 1. The van der Waals surface area contributed by atoms with Crippen LogP contribution in [-0.2, 0) is 26.4 Å². The molecule has 0 unspecified atom stereocenters. The molecule has 3 N–H and O–H groups in total. The minimum absolute atomic E-state index is 0.104. The van der Waals surface area contributed by atoms with Crippen molar-refractivity contribution in [3.8, 4) is 5.75 Å². The quantitative estimate of drug-likeness (QED) is 0.405. The predicted molar refractivity (Wildman–Crippen MR) is 137 cm³/mol. The Morgan fingerprint density at radius 2 is 1.86 bits per heavy atom. The summed E-state index contributed by atoms with van der Waals surface area (Å²) in [6, 6.07) is 7.54. The summed E-state index contributed by atoms with van der Waals surface area (Å²) < 4.78 is 65.6. The van der Waals surface area contributed by atoms with E-state index in [0.29, 0.717) is 49.9 Å². The van der Waals surface area contributed by atoms with Gasteiger partial charge in [0.1, 0.15) is 16.2 Å². The number of benzene rings is 2. The van der Waals surface area contributed by atoms with E-state index in [1.165, 1.54) is 19.1 Å². The first-order valence-electron chi connectivity index (χ1n) is 11.6. The number of nitrogens with two attached hydrogens (primary N) is 1. The summed E-state index contributed by atoms with van der Waals surface area (Å²) in [5, 5.41) is 0.560. The van der Waals surface area contributed by atoms with Gasteiger partial charge in [0.15, 0.2) is 15.4 Å². The number of aromatic nitrogens is 1. The number of rotatable bonds is 9. The Morgan fingerprint density at radius 1 is 1.14 bits per heavy atom. The van der Waals surface area contributed by atoms with Crippen molar-refractivity contribution < 1.29 is 26.0 Å². The molecule has 13 heteroatoms.